The molecule has 0 saturated carbocycles. The monoisotopic (exact) mass is 223 g/mol. The Morgan fingerprint density at radius 3 is 2.60 bits per heavy atom. The van der Waals surface area contributed by atoms with E-state index in [2.05, 4.69) is 17.9 Å². The van der Waals surface area contributed by atoms with Crippen molar-refractivity contribution in [3.63, 3.8) is 0 Å². The highest BCUT2D eigenvalue weighted by Gasteiger charge is 2.07. The first-order valence-electron chi connectivity index (χ1n) is 4.67. The van der Waals surface area contributed by atoms with Gasteiger partial charge in [0.05, 0.1) is 5.56 Å². The average Bonchev–Trinajstić information content (AvgIpc) is 2.17. The van der Waals surface area contributed by atoms with Crippen LogP contribution >= 0.6 is 12.6 Å². The molecule has 0 radical (unpaired) electrons. The third-order valence-corrected chi connectivity index (χ3v) is 2.30. The van der Waals surface area contributed by atoms with Crippen LogP contribution < -0.4 is 5.32 Å². The van der Waals surface area contributed by atoms with E-state index in [1.165, 1.54) is 6.92 Å². The average molecular weight is 223 g/mol. The summed E-state index contributed by atoms with van der Waals surface area (Å²) < 4.78 is 0. The highest BCUT2D eigenvalue weighted by atomic mass is 32.1. The molecule has 0 aliphatic carbocycles. The molecule has 0 fully saturated rings. The van der Waals surface area contributed by atoms with E-state index in [1.807, 2.05) is 6.07 Å². The number of ketones is 1. The lowest BCUT2D eigenvalue weighted by molar-refractivity contribution is -0.116. The largest absolute Gasteiger partial charge is 0.352 e. The van der Waals surface area contributed by atoms with E-state index in [-0.39, 0.29) is 11.7 Å². The molecule has 1 amide bonds. The molecule has 0 aliphatic rings. The second-order valence-electron chi connectivity index (χ2n) is 3.23. The summed E-state index contributed by atoms with van der Waals surface area (Å²) in [6.45, 7) is 1.87. The van der Waals surface area contributed by atoms with Gasteiger partial charge in [0.1, 0.15) is 5.78 Å². The molecule has 0 spiro atoms. The van der Waals surface area contributed by atoms with Gasteiger partial charge in [0.2, 0.25) is 0 Å². The summed E-state index contributed by atoms with van der Waals surface area (Å²) in [7, 11) is 0. The van der Waals surface area contributed by atoms with Crippen molar-refractivity contribution >= 4 is 24.3 Å². The van der Waals surface area contributed by atoms with Crippen LogP contribution in [0.1, 0.15) is 23.7 Å². The number of nitrogens with one attached hydrogen (secondary N) is 1. The predicted molar refractivity (Wildman–Crippen MR) is 61.3 cm³/mol. The zero-order valence-corrected chi connectivity index (χ0v) is 9.38. The number of amides is 1. The van der Waals surface area contributed by atoms with Crippen LogP contribution in [0.3, 0.4) is 0 Å². The van der Waals surface area contributed by atoms with Crippen LogP contribution in [-0.4, -0.2) is 18.2 Å². The summed E-state index contributed by atoms with van der Waals surface area (Å²) in [5.74, 6) is -0.128. The van der Waals surface area contributed by atoms with Gasteiger partial charge in [0.25, 0.3) is 5.91 Å². The van der Waals surface area contributed by atoms with E-state index in [9.17, 15) is 9.59 Å². The first kappa shape index (κ1) is 11.8. The number of Topliss-reactive ketones (excluding diaryl/α,β-unsaturated/α-hetero) is 1. The number of thiol groups is 1. The molecule has 0 aliphatic heterocycles. The number of benzene rings is 1. The highest BCUT2D eigenvalue weighted by molar-refractivity contribution is 7.80. The van der Waals surface area contributed by atoms with Crippen molar-refractivity contribution in [3.05, 3.63) is 29.8 Å². The molecule has 4 heteroatoms. The summed E-state index contributed by atoms with van der Waals surface area (Å²) in [4.78, 5) is 22.9. The molecule has 1 aromatic carbocycles. The van der Waals surface area contributed by atoms with Gasteiger partial charge in [-0.25, -0.2) is 0 Å². The van der Waals surface area contributed by atoms with Crippen molar-refractivity contribution in [2.75, 3.05) is 6.54 Å². The van der Waals surface area contributed by atoms with E-state index in [1.54, 1.807) is 18.2 Å². The summed E-state index contributed by atoms with van der Waals surface area (Å²) >= 11 is 4.17. The molecular formula is C11H13NO2S. The molecular weight excluding hydrogens is 210 g/mol. The predicted octanol–water partition coefficient (Wildman–Crippen LogP) is 1.68. The Bertz CT molecular complexity index is 377. The van der Waals surface area contributed by atoms with Crippen molar-refractivity contribution < 1.29 is 9.59 Å². The first-order chi connectivity index (χ1) is 7.11. The Hall–Kier alpha value is -1.29. The summed E-state index contributed by atoms with van der Waals surface area (Å²) in [5, 5.41) is 2.66. The quantitative estimate of drug-likeness (QED) is 0.763. The summed E-state index contributed by atoms with van der Waals surface area (Å²) in [5.41, 5.74) is 0.532. The Kier molecular flexibility index (Phi) is 4.37. The minimum Gasteiger partial charge on any atom is -0.352 e. The van der Waals surface area contributed by atoms with Crippen LogP contribution in [0.2, 0.25) is 0 Å². The number of carbonyl (C=O) groups is 2. The maximum Gasteiger partial charge on any atom is 0.252 e. The van der Waals surface area contributed by atoms with Crippen molar-refractivity contribution in [1.29, 1.82) is 0 Å². The fourth-order valence-corrected chi connectivity index (χ4v) is 1.38. The van der Waals surface area contributed by atoms with E-state index in [0.717, 1.165) is 0 Å². The molecule has 0 bridgehead atoms. The fraction of sp³-hybridized carbons (Fsp3) is 0.273. The molecule has 1 N–H and O–H groups in total. The number of carbonyl (C=O) groups excluding carboxylic acids is 2. The second kappa shape index (κ2) is 5.56. The van der Waals surface area contributed by atoms with Crippen LogP contribution in [0, 0.1) is 0 Å². The molecule has 0 aromatic heterocycles. The van der Waals surface area contributed by atoms with Crippen LogP contribution in [-0.2, 0) is 4.79 Å². The van der Waals surface area contributed by atoms with Gasteiger partial charge in [0, 0.05) is 17.9 Å². The molecule has 0 unspecified atom stereocenters. The van der Waals surface area contributed by atoms with E-state index in [4.69, 9.17) is 0 Å². The lowest BCUT2D eigenvalue weighted by atomic mass is 10.2. The number of hydrogen-bond acceptors (Lipinski definition) is 3. The van der Waals surface area contributed by atoms with Gasteiger partial charge >= 0.3 is 0 Å². The van der Waals surface area contributed by atoms with E-state index >= 15 is 0 Å². The zero-order valence-electron chi connectivity index (χ0n) is 8.49. The Morgan fingerprint density at radius 2 is 2.00 bits per heavy atom. The van der Waals surface area contributed by atoms with Crippen LogP contribution in [0.15, 0.2) is 29.2 Å². The van der Waals surface area contributed by atoms with Crippen molar-refractivity contribution in [2.24, 2.45) is 0 Å². The SMILES string of the molecule is CC(=O)CCNC(=O)c1ccccc1S. The molecule has 1 rings (SSSR count). The van der Waals surface area contributed by atoms with Gasteiger partial charge in [-0.3, -0.25) is 9.59 Å². The van der Waals surface area contributed by atoms with Gasteiger partial charge in [0.15, 0.2) is 0 Å². The van der Waals surface area contributed by atoms with Gasteiger partial charge in [-0.05, 0) is 19.1 Å². The van der Waals surface area contributed by atoms with Crippen LogP contribution in [0.5, 0.6) is 0 Å². The third-order valence-electron chi connectivity index (χ3n) is 1.91. The van der Waals surface area contributed by atoms with E-state index < -0.39 is 0 Å². The molecule has 1 aromatic rings. The lowest BCUT2D eigenvalue weighted by Crippen LogP contribution is -2.25. The van der Waals surface area contributed by atoms with Crippen LogP contribution in [0.25, 0.3) is 0 Å². The topological polar surface area (TPSA) is 46.2 Å². The smallest absolute Gasteiger partial charge is 0.252 e. The lowest BCUT2D eigenvalue weighted by Gasteiger charge is -2.05. The Balaban J connectivity index is 2.54. The molecule has 0 saturated heterocycles. The van der Waals surface area contributed by atoms with Crippen LogP contribution in [0.4, 0.5) is 0 Å². The summed E-state index contributed by atoms with van der Waals surface area (Å²) in [6.07, 6.45) is 0.362. The first-order valence-corrected chi connectivity index (χ1v) is 5.11. The Morgan fingerprint density at radius 1 is 1.33 bits per heavy atom. The van der Waals surface area contributed by atoms with Gasteiger partial charge in [-0.2, -0.15) is 0 Å². The maximum atomic E-state index is 11.6. The standard InChI is InChI=1S/C11H13NO2S/c1-8(13)6-7-12-11(14)9-4-2-3-5-10(9)15/h2-5,15H,6-7H2,1H3,(H,12,14). The molecule has 3 nitrogen and oxygen atoms in total. The molecule has 80 valence electrons. The molecule has 0 atom stereocenters. The number of hydrogen-bond donors (Lipinski definition) is 2. The minimum absolute atomic E-state index is 0.0643. The maximum absolute atomic E-state index is 11.6. The molecule has 0 heterocycles. The second-order valence-corrected chi connectivity index (χ2v) is 3.71. The normalized spacial score (nSPS) is 9.73. The van der Waals surface area contributed by atoms with Gasteiger partial charge in [-0.15, -0.1) is 12.6 Å². The van der Waals surface area contributed by atoms with Gasteiger partial charge in [-0.1, -0.05) is 12.1 Å². The fourth-order valence-electron chi connectivity index (χ4n) is 1.11. The van der Waals surface area contributed by atoms with Crippen molar-refractivity contribution in [2.45, 2.75) is 18.2 Å². The van der Waals surface area contributed by atoms with Crippen molar-refractivity contribution in [3.8, 4) is 0 Å². The minimum atomic E-state index is -0.193. The highest BCUT2D eigenvalue weighted by Crippen LogP contribution is 2.12. The van der Waals surface area contributed by atoms with E-state index in [0.29, 0.717) is 23.4 Å². The van der Waals surface area contributed by atoms with Gasteiger partial charge < -0.3 is 5.32 Å². The van der Waals surface area contributed by atoms with Crippen molar-refractivity contribution in [1.82, 2.24) is 5.32 Å². The Labute approximate surface area is 94.3 Å². The zero-order chi connectivity index (χ0) is 11.3. The summed E-state index contributed by atoms with van der Waals surface area (Å²) in [6, 6.07) is 7.04. The molecule has 15 heavy (non-hydrogen) atoms. The number of rotatable bonds is 4. The third kappa shape index (κ3) is 3.75.